The number of rotatable bonds is 6. The first kappa shape index (κ1) is 21.9. The number of ether oxygens (including phenoxy) is 1. The van der Waals surface area contributed by atoms with Crippen molar-refractivity contribution in [2.24, 2.45) is 0 Å². The highest BCUT2D eigenvalue weighted by Crippen LogP contribution is 2.25. The van der Waals surface area contributed by atoms with Crippen LogP contribution in [0.5, 0.6) is 0 Å². The average Bonchev–Trinajstić information content (AvgIpc) is 2.74. The molecule has 0 saturated carbocycles. The summed E-state index contributed by atoms with van der Waals surface area (Å²) >= 11 is 1.53. The molecule has 1 aliphatic heterocycles. The van der Waals surface area contributed by atoms with Crippen LogP contribution < -0.4 is 10.2 Å². The van der Waals surface area contributed by atoms with Gasteiger partial charge >= 0.3 is 6.03 Å². The van der Waals surface area contributed by atoms with Crippen molar-refractivity contribution in [3.05, 3.63) is 36.0 Å². The van der Waals surface area contributed by atoms with Gasteiger partial charge in [-0.05, 0) is 31.2 Å². The minimum Gasteiger partial charge on any atom is -0.377 e. The van der Waals surface area contributed by atoms with Crippen molar-refractivity contribution in [3.63, 3.8) is 0 Å². The van der Waals surface area contributed by atoms with Gasteiger partial charge in [0.25, 0.3) is 0 Å². The highest BCUT2D eigenvalue weighted by atomic mass is 32.2. The molecule has 2 amide bonds. The van der Waals surface area contributed by atoms with E-state index in [9.17, 15) is 4.79 Å². The van der Waals surface area contributed by atoms with E-state index in [0.29, 0.717) is 36.2 Å². The van der Waals surface area contributed by atoms with Crippen LogP contribution >= 0.6 is 11.8 Å². The molecule has 3 rings (SSSR count). The van der Waals surface area contributed by atoms with Crippen molar-refractivity contribution >= 4 is 29.3 Å². The molecule has 9 heteroatoms. The van der Waals surface area contributed by atoms with Gasteiger partial charge in [-0.1, -0.05) is 0 Å². The number of carbonyl (C=O) groups is 1. The van der Waals surface area contributed by atoms with Gasteiger partial charge in [0, 0.05) is 43.7 Å². The lowest BCUT2D eigenvalue weighted by Crippen LogP contribution is -2.44. The number of morpholine rings is 1. The summed E-state index contributed by atoms with van der Waals surface area (Å²) < 4.78 is 5.56. The quantitative estimate of drug-likeness (QED) is 0.709. The summed E-state index contributed by atoms with van der Waals surface area (Å²) in [7, 11) is 3.39. The highest BCUT2D eigenvalue weighted by Gasteiger charge is 2.22. The smallest absolute Gasteiger partial charge is 0.321 e. The summed E-state index contributed by atoms with van der Waals surface area (Å²) in [5.74, 6) is 2.56. The Balaban J connectivity index is 1.88. The Labute approximate surface area is 181 Å². The highest BCUT2D eigenvalue weighted by molar-refractivity contribution is 7.98. The van der Waals surface area contributed by atoms with E-state index in [4.69, 9.17) is 20.0 Å². The second-order valence-electron chi connectivity index (χ2n) is 7.21. The van der Waals surface area contributed by atoms with Crippen LogP contribution in [-0.4, -0.2) is 66.5 Å². The first-order valence-corrected chi connectivity index (χ1v) is 10.9. The fraction of sp³-hybridized carbons (Fsp3) is 0.429. The lowest BCUT2D eigenvalue weighted by molar-refractivity contribution is 0.0985. The van der Waals surface area contributed by atoms with E-state index in [1.807, 2.05) is 30.3 Å². The lowest BCUT2D eigenvalue weighted by atomic mass is 10.2. The molecular formula is C21H26N6O2S. The van der Waals surface area contributed by atoms with Crippen LogP contribution in [0.3, 0.4) is 0 Å². The number of thioether (sulfide) groups is 1. The fourth-order valence-corrected chi connectivity index (χ4v) is 3.59. The van der Waals surface area contributed by atoms with Crippen LogP contribution in [0.15, 0.2) is 30.3 Å². The Morgan fingerprint density at radius 3 is 2.80 bits per heavy atom. The number of carbonyl (C=O) groups excluding carboxylic acids is 1. The maximum Gasteiger partial charge on any atom is 0.321 e. The standard InChI is InChI=1S/C21H26N6O2S/c1-15-13-29-10-9-27(15)19-12-18(14-30-11-8-22)23-20(25-19)16-4-6-17(7-5-16)24-21(28)26(2)3/h4-7,12,15H,9-11,13-14H2,1-3H3,(H,24,28). The topological polar surface area (TPSA) is 94.4 Å². The van der Waals surface area contributed by atoms with Crippen LogP contribution in [-0.2, 0) is 10.5 Å². The van der Waals surface area contributed by atoms with Gasteiger partial charge < -0.3 is 19.9 Å². The van der Waals surface area contributed by atoms with Gasteiger partial charge in [0.2, 0.25) is 0 Å². The van der Waals surface area contributed by atoms with Gasteiger partial charge in [-0.3, -0.25) is 0 Å². The SMILES string of the molecule is CC1COCCN1c1cc(CSCC#N)nc(-c2ccc(NC(=O)N(C)C)cc2)n1. The lowest BCUT2D eigenvalue weighted by Gasteiger charge is -2.34. The van der Waals surface area contributed by atoms with Crippen molar-refractivity contribution in [1.82, 2.24) is 14.9 Å². The van der Waals surface area contributed by atoms with Crippen LogP contribution in [0.25, 0.3) is 11.4 Å². The molecule has 1 atom stereocenters. The third kappa shape index (κ3) is 5.62. The average molecular weight is 427 g/mol. The van der Waals surface area contributed by atoms with E-state index < -0.39 is 0 Å². The summed E-state index contributed by atoms with van der Waals surface area (Å²) in [6.07, 6.45) is 0. The van der Waals surface area contributed by atoms with E-state index in [2.05, 4.69) is 23.2 Å². The van der Waals surface area contributed by atoms with E-state index in [0.717, 1.165) is 23.6 Å². The fourth-order valence-electron chi connectivity index (χ4n) is 3.04. The van der Waals surface area contributed by atoms with Gasteiger partial charge in [-0.15, -0.1) is 11.8 Å². The monoisotopic (exact) mass is 426 g/mol. The molecule has 1 N–H and O–H groups in total. The molecule has 8 nitrogen and oxygen atoms in total. The largest absolute Gasteiger partial charge is 0.377 e. The van der Waals surface area contributed by atoms with Crippen molar-refractivity contribution < 1.29 is 9.53 Å². The van der Waals surface area contributed by atoms with Gasteiger partial charge in [-0.25, -0.2) is 14.8 Å². The summed E-state index contributed by atoms with van der Waals surface area (Å²) in [6.45, 7) is 4.23. The number of aromatic nitrogens is 2. The molecule has 1 fully saturated rings. The molecule has 0 radical (unpaired) electrons. The number of benzene rings is 1. The van der Waals surface area contributed by atoms with Crippen LogP contribution in [0, 0.1) is 11.3 Å². The minimum atomic E-state index is -0.181. The number of urea groups is 1. The first-order valence-electron chi connectivity index (χ1n) is 9.73. The summed E-state index contributed by atoms with van der Waals surface area (Å²) in [5, 5.41) is 11.7. The Morgan fingerprint density at radius 1 is 1.37 bits per heavy atom. The molecule has 30 heavy (non-hydrogen) atoms. The van der Waals surface area contributed by atoms with Crippen molar-refractivity contribution in [3.8, 4) is 17.5 Å². The number of nitriles is 1. The third-order valence-corrected chi connectivity index (χ3v) is 5.48. The number of amides is 2. The maximum absolute atomic E-state index is 11.8. The molecule has 0 spiro atoms. The summed E-state index contributed by atoms with van der Waals surface area (Å²) in [6, 6.07) is 11.7. The minimum absolute atomic E-state index is 0.181. The Morgan fingerprint density at radius 2 is 2.13 bits per heavy atom. The molecule has 158 valence electrons. The maximum atomic E-state index is 11.8. The van der Waals surface area contributed by atoms with Gasteiger partial charge in [0.1, 0.15) is 5.82 Å². The number of nitrogens with zero attached hydrogens (tertiary/aromatic N) is 5. The Hall–Kier alpha value is -2.83. The molecule has 1 aliphatic rings. The summed E-state index contributed by atoms with van der Waals surface area (Å²) in [4.78, 5) is 25.1. The van der Waals surface area contributed by atoms with Crippen molar-refractivity contribution in [1.29, 1.82) is 5.26 Å². The van der Waals surface area contributed by atoms with Crippen LogP contribution in [0.1, 0.15) is 12.6 Å². The molecule has 2 aromatic rings. The molecule has 1 aromatic carbocycles. The molecule has 0 aliphatic carbocycles. The number of anilines is 2. The second-order valence-corrected chi connectivity index (χ2v) is 8.20. The molecular weight excluding hydrogens is 400 g/mol. The summed E-state index contributed by atoms with van der Waals surface area (Å²) in [5.41, 5.74) is 2.46. The molecule has 2 heterocycles. The Kier molecular flexibility index (Phi) is 7.49. The number of nitrogens with one attached hydrogen (secondary N) is 1. The third-order valence-electron chi connectivity index (χ3n) is 4.64. The zero-order chi connectivity index (χ0) is 21.5. The first-order chi connectivity index (χ1) is 14.5. The van der Waals surface area contributed by atoms with Gasteiger partial charge in [-0.2, -0.15) is 5.26 Å². The van der Waals surface area contributed by atoms with E-state index in [1.54, 1.807) is 14.1 Å². The van der Waals surface area contributed by atoms with Crippen molar-refractivity contribution in [2.45, 2.75) is 18.7 Å². The molecule has 0 bridgehead atoms. The molecule has 1 unspecified atom stereocenters. The van der Waals surface area contributed by atoms with E-state index in [-0.39, 0.29) is 12.1 Å². The predicted octanol–water partition coefficient (Wildman–Crippen LogP) is 3.22. The Bertz CT molecular complexity index is 913. The van der Waals surface area contributed by atoms with E-state index in [1.165, 1.54) is 16.7 Å². The van der Waals surface area contributed by atoms with E-state index >= 15 is 0 Å². The zero-order valence-corrected chi connectivity index (χ0v) is 18.3. The normalized spacial score (nSPS) is 16.1. The van der Waals surface area contributed by atoms with Crippen LogP contribution in [0.2, 0.25) is 0 Å². The van der Waals surface area contributed by atoms with Crippen LogP contribution in [0.4, 0.5) is 16.3 Å². The number of hydrogen-bond acceptors (Lipinski definition) is 7. The van der Waals surface area contributed by atoms with Gasteiger partial charge in [0.15, 0.2) is 5.82 Å². The number of hydrogen-bond donors (Lipinski definition) is 1. The van der Waals surface area contributed by atoms with Gasteiger partial charge in [0.05, 0.1) is 36.8 Å². The van der Waals surface area contributed by atoms with Crippen molar-refractivity contribution in [2.75, 3.05) is 49.8 Å². The molecule has 1 saturated heterocycles. The molecule has 1 aromatic heterocycles. The predicted molar refractivity (Wildman–Crippen MR) is 120 cm³/mol. The zero-order valence-electron chi connectivity index (χ0n) is 17.5. The second kappa shape index (κ2) is 10.3.